The zero-order valence-corrected chi connectivity index (χ0v) is 12.8. The second-order valence-corrected chi connectivity index (χ2v) is 7.28. The molecule has 0 aromatic carbocycles. The number of nitrogens with zero attached hydrogens (tertiary/aromatic N) is 2. The van der Waals surface area contributed by atoms with E-state index in [0.29, 0.717) is 6.04 Å². The van der Waals surface area contributed by atoms with E-state index in [9.17, 15) is 0 Å². The normalized spacial score (nSPS) is 17.8. The second-order valence-electron chi connectivity index (χ2n) is 5.02. The SMILES string of the molecule is Cc1ccc(-c2cc3n(n2)C(c2cccs2)CCN3)s1. The highest BCUT2D eigenvalue weighted by Crippen LogP contribution is 2.35. The van der Waals surface area contributed by atoms with E-state index in [1.165, 1.54) is 14.6 Å². The fourth-order valence-corrected chi connectivity index (χ4v) is 4.33. The van der Waals surface area contributed by atoms with Gasteiger partial charge in [0.05, 0.1) is 10.9 Å². The van der Waals surface area contributed by atoms with Crippen LogP contribution in [-0.2, 0) is 0 Å². The van der Waals surface area contributed by atoms with Crippen molar-refractivity contribution in [2.45, 2.75) is 19.4 Å². The van der Waals surface area contributed by atoms with Gasteiger partial charge >= 0.3 is 0 Å². The first-order valence-corrected chi connectivity index (χ1v) is 8.44. The molecule has 3 aromatic heterocycles. The Kier molecular flexibility index (Phi) is 2.89. The molecule has 3 nitrogen and oxygen atoms in total. The smallest absolute Gasteiger partial charge is 0.125 e. The molecule has 1 N–H and O–H groups in total. The largest absolute Gasteiger partial charge is 0.370 e. The Bertz CT molecular complexity index is 724. The van der Waals surface area contributed by atoms with Crippen molar-refractivity contribution in [2.24, 2.45) is 0 Å². The minimum Gasteiger partial charge on any atom is -0.370 e. The lowest BCUT2D eigenvalue weighted by Crippen LogP contribution is -2.23. The number of aryl methyl sites for hydroxylation is 1. The second kappa shape index (κ2) is 4.75. The van der Waals surface area contributed by atoms with Crippen LogP contribution in [0.1, 0.15) is 22.2 Å². The molecule has 20 heavy (non-hydrogen) atoms. The standard InChI is InChI=1S/C15H15N3S2/c1-10-4-5-13(20-10)11-9-15-16-7-6-12(18(15)17-11)14-3-2-8-19-14/h2-5,8-9,12,16H,6-7H2,1H3. The molecule has 0 saturated carbocycles. The van der Waals surface area contributed by atoms with Crippen LogP contribution in [0.3, 0.4) is 0 Å². The lowest BCUT2D eigenvalue weighted by atomic mass is 10.1. The van der Waals surface area contributed by atoms with E-state index in [0.717, 1.165) is 24.5 Å². The van der Waals surface area contributed by atoms with Gasteiger partial charge in [0.15, 0.2) is 0 Å². The van der Waals surface area contributed by atoms with Crippen LogP contribution in [0.15, 0.2) is 35.7 Å². The number of nitrogens with one attached hydrogen (secondary N) is 1. The molecule has 0 fully saturated rings. The number of hydrogen-bond acceptors (Lipinski definition) is 4. The molecule has 5 heteroatoms. The molecular weight excluding hydrogens is 286 g/mol. The van der Waals surface area contributed by atoms with Crippen molar-refractivity contribution in [3.63, 3.8) is 0 Å². The average Bonchev–Trinajstić information content (AvgIpc) is 3.17. The topological polar surface area (TPSA) is 29.9 Å². The highest BCUT2D eigenvalue weighted by Gasteiger charge is 2.24. The summed E-state index contributed by atoms with van der Waals surface area (Å²) in [6, 6.07) is 11.2. The van der Waals surface area contributed by atoms with Gasteiger partial charge in [-0.1, -0.05) is 6.07 Å². The summed E-state index contributed by atoms with van der Waals surface area (Å²) in [4.78, 5) is 3.97. The zero-order chi connectivity index (χ0) is 13.5. The molecule has 0 saturated heterocycles. The summed E-state index contributed by atoms with van der Waals surface area (Å²) in [5.41, 5.74) is 1.08. The van der Waals surface area contributed by atoms with E-state index in [1.54, 1.807) is 11.3 Å². The third-order valence-corrected chi connectivity index (χ3v) is 5.62. The number of thiophene rings is 2. The first-order valence-electron chi connectivity index (χ1n) is 6.75. The van der Waals surface area contributed by atoms with E-state index in [1.807, 2.05) is 11.3 Å². The lowest BCUT2D eigenvalue weighted by Gasteiger charge is -2.24. The van der Waals surface area contributed by atoms with Gasteiger partial charge in [0, 0.05) is 22.4 Å². The van der Waals surface area contributed by atoms with Crippen LogP contribution in [0.2, 0.25) is 0 Å². The first-order chi connectivity index (χ1) is 9.81. The predicted molar refractivity (Wildman–Crippen MR) is 85.8 cm³/mol. The van der Waals surface area contributed by atoms with Crippen LogP contribution in [0.5, 0.6) is 0 Å². The summed E-state index contributed by atoms with van der Waals surface area (Å²) >= 11 is 3.62. The summed E-state index contributed by atoms with van der Waals surface area (Å²) in [6.07, 6.45) is 1.10. The van der Waals surface area contributed by atoms with Crippen LogP contribution >= 0.6 is 22.7 Å². The number of fused-ring (bicyclic) bond motifs is 1. The van der Waals surface area contributed by atoms with Gasteiger partial charge < -0.3 is 5.32 Å². The minimum atomic E-state index is 0.376. The van der Waals surface area contributed by atoms with Crippen molar-refractivity contribution in [1.29, 1.82) is 0 Å². The number of rotatable bonds is 2. The quantitative estimate of drug-likeness (QED) is 0.761. The van der Waals surface area contributed by atoms with Crippen LogP contribution in [0, 0.1) is 6.92 Å². The summed E-state index contributed by atoms with van der Waals surface area (Å²) in [7, 11) is 0. The van der Waals surface area contributed by atoms with Gasteiger partial charge in [-0.05, 0) is 36.9 Å². The van der Waals surface area contributed by atoms with Crippen LogP contribution < -0.4 is 5.32 Å². The number of aromatic nitrogens is 2. The van der Waals surface area contributed by atoms with Crippen LogP contribution in [0.25, 0.3) is 10.6 Å². The van der Waals surface area contributed by atoms with Crippen molar-refractivity contribution < 1.29 is 0 Å². The molecule has 102 valence electrons. The van der Waals surface area contributed by atoms with E-state index < -0.39 is 0 Å². The summed E-state index contributed by atoms with van der Waals surface area (Å²) in [6.45, 7) is 3.15. The minimum absolute atomic E-state index is 0.376. The third kappa shape index (κ3) is 1.98. The first kappa shape index (κ1) is 12.2. The predicted octanol–water partition coefficient (Wildman–Crippen LogP) is 4.39. The molecule has 0 spiro atoms. The molecule has 0 radical (unpaired) electrons. The summed E-state index contributed by atoms with van der Waals surface area (Å²) in [5, 5.41) is 10.4. The lowest BCUT2D eigenvalue weighted by molar-refractivity contribution is 0.490. The van der Waals surface area contributed by atoms with Crippen LogP contribution in [-0.4, -0.2) is 16.3 Å². The van der Waals surface area contributed by atoms with E-state index >= 15 is 0 Å². The molecular formula is C15H15N3S2. The maximum absolute atomic E-state index is 4.84. The Morgan fingerprint density at radius 2 is 2.30 bits per heavy atom. The van der Waals surface area contributed by atoms with Gasteiger partial charge in [0.2, 0.25) is 0 Å². The highest BCUT2D eigenvalue weighted by molar-refractivity contribution is 7.15. The van der Waals surface area contributed by atoms with Crippen molar-refractivity contribution in [3.05, 3.63) is 45.5 Å². The number of anilines is 1. The molecule has 0 aliphatic carbocycles. The maximum Gasteiger partial charge on any atom is 0.125 e. The van der Waals surface area contributed by atoms with Crippen LogP contribution in [0.4, 0.5) is 5.82 Å². The fourth-order valence-electron chi connectivity index (χ4n) is 2.66. The molecule has 0 bridgehead atoms. The Labute approximate surface area is 125 Å². The van der Waals surface area contributed by atoms with Gasteiger partial charge in [-0.15, -0.1) is 22.7 Å². The van der Waals surface area contributed by atoms with Gasteiger partial charge in [0.1, 0.15) is 11.5 Å². The average molecular weight is 301 g/mol. The molecule has 3 aromatic rings. The van der Waals surface area contributed by atoms with E-state index in [-0.39, 0.29) is 0 Å². The molecule has 1 unspecified atom stereocenters. The molecule has 1 aliphatic rings. The molecule has 4 rings (SSSR count). The maximum atomic E-state index is 4.84. The zero-order valence-electron chi connectivity index (χ0n) is 11.2. The molecule has 0 amide bonds. The van der Waals surface area contributed by atoms with Gasteiger partial charge in [0.25, 0.3) is 0 Å². The van der Waals surface area contributed by atoms with Gasteiger partial charge in [-0.3, -0.25) is 0 Å². The summed E-state index contributed by atoms with van der Waals surface area (Å²) < 4.78 is 2.15. The van der Waals surface area contributed by atoms with Gasteiger partial charge in [-0.25, -0.2) is 4.68 Å². The third-order valence-electron chi connectivity index (χ3n) is 3.62. The van der Waals surface area contributed by atoms with Crippen molar-refractivity contribution in [1.82, 2.24) is 9.78 Å². The molecule has 1 aliphatic heterocycles. The Morgan fingerprint density at radius 3 is 3.05 bits per heavy atom. The summed E-state index contributed by atoms with van der Waals surface area (Å²) in [5.74, 6) is 1.13. The van der Waals surface area contributed by atoms with Gasteiger partial charge in [-0.2, -0.15) is 5.10 Å². The number of hydrogen-bond donors (Lipinski definition) is 1. The van der Waals surface area contributed by atoms with E-state index in [4.69, 9.17) is 5.10 Å². The molecule has 4 heterocycles. The van der Waals surface area contributed by atoms with E-state index in [2.05, 4.69) is 52.6 Å². The van der Waals surface area contributed by atoms with Crippen molar-refractivity contribution in [3.8, 4) is 10.6 Å². The highest BCUT2D eigenvalue weighted by atomic mass is 32.1. The fraction of sp³-hybridized carbons (Fsp3) is 0.267. The Hall–Kier alpha value is -1.59. The van der Waals surface area contributed by atoms with Crippen molar-refractivity contribution >= 4 is 28.5 Å². The Balaban J connectivity index is 1.77. The molecule has 1 atom stereocenters. The monoisotopic (exact) mass is 301 g/mol. The van der Waals surface area contributed by atoms with Crippen molar-refractivity contribution in [2.75, 3.05) is 11.9 Å². The Morgan fingerprint density at radius 1 is 1.35 bits per heavy atom.